The van der Waals surface area contributed by atoms with E-state index in [2.05, 4.69) is 10.3 Å². The Kier molecular flexibility index (Phi) is 5.37. The second kappa shape index (κ2) is 7.42. The molecule has 1 aromatic rings. The normalized spacial score (nSPS) is 18.2. The summed E-state index contributed by atoms with van der Waals surface area (Å²) in [6.07, 6.45) is -0.591. The largest absolute Gasteiger partial charge is 0.469 e. The fourth-order valence-electron chi connectivity index (χ4n) is 3.19. The van der Waals surface area contributed by atoms with Crippen molar-refractivity contribution in [3.63, 3.8) is 0 Å². The van der Waals surface area contributed by atoms with Gasteiger partial charge in [-0.1, -0.05) is 24.6 Å². The van der Waals surface area contributed by atoms with Gasteiger partial charge in [-0.15, -0.1) is 0 Å². The molecule has 0 aliphatic carbocycles. The highest BCUT2D eigenvalue weighted by molar-refractivity contribution is 6.30. The van der Waals surface area contributed by atoms with E-state index < -0.39 is 12.8 Å². The second-order valence-corrected chi connectivity index (χ2v) is 6.78. The molecule has 2 aliphatic rings. The van der Waals surface area contributed by atoms with E-state index in [1.54, 1.807) is 11.0 Å². The van der Waals surface area contributed by atoms with Gasteiger partial charge in [-0.05, 0) is 25.0 Å². The highest BCUT2D eigenvalue weighted by Gasteiger charge is 2.35. The van der Waals surface area contributed by atoms with Crippen molar-refractivity contribution in [1.82, 2.24) is 15.2 Å². The monoisotopic (exact) mass is 401 g/mol. The lowest BCUT2D eigenvalue weighted by molar-refractivity contribution is -0.166. The maximum Gasteiger partial charge on any atom is 0.422 e. The minimum atomic E-state index is -4.40. The third kappa shape index (κ3) is 4.05. The van der Waals surface area contributed by atoms with Crippen molar-refractivity contribution in [2.75, 3.05) is 13.2 Å². The van der Waals surface area contributed by atoms with Gasteiger partial charge in [0.05, 0.1) is 12.6 Å². The SMILES string of the molecule is CCC1=C(OCC(F)(F)F)NCC(C(C)N2Cc3c(ccnc3Cl)C2=O)=C1. The fourth-order valence-corrected chi connectivity index (χ4v) is 3.41. The zero-order valence-corrected chi connectivity index (χ0v) is 15.6. The van der Waals surface area contributed by atoms with Crippen LogP contribution in [0.1, 0.15) is 36.2 Å². The molecule has 0 bridgehead atoms. The van der Waals surface area contributed by atoms with Crippen molar-refractivity contribution in [2.24, 2.45) is 0 Å². The molecule has 0 aromatic carbocycles. The van der Waals surface area contributed by atoms with Crippen LogP contribution in [0.2, 0.25) is 5.15 Å². The first-order chi connectivity index (χ1) is 12.7. The van der Waals surface area contributed by atoms with Crippen LogP contribution in [0.4, 0.5) is 13.2 Å². The first kappa shape index (κ1) is 19.5. The summed E-state index contributed by atoms with van der Waals surface area (Å²) in [5.41, 5.74) is 2.75. The molecule has 9 heteroatoms. The molecular weight excluding hydrogens is 383 g/mol. The van der Waals surface area contributed by atoms with Gasteiger partial charge < -0.3 is 15.0 Å². The number of aromatic nitrogens is 1. The van der Waals surface area contributed by atoms with E-state index in [-0.39, 0.29) is 17.8 Å². The van der Waals surface area contributed by atoms with E-state index in [0.717, 1.165) is 5.57 Å². The van der Waals surface area contributed by atoms with E-state index in [0.29, 0.717) is 41.4 Å². The molecule has 1 N–H and O–H groups in total. The average Bonchev–Trinajstić information content (AvgIpc) is 2.97. The zero-order valence-electron chi connectivity index (χ0n) is 14.9. The lowest BCUT2D eigenvalue weighted by Crippen LogP contribution is -2.39. The summed E-state index contributed by atoms with van der Waals surface area (Å²) < 4.78 is 42.1. The first-order valence-electron chi connectivity index (χ1n) is 8.52. The Labute approximate surface area is 159 Å². The molecule has 1 aromatic heterocycles. The molecule has 0 saturated heterocycles. The molecule has 27 heavy (non-hydrogen) atoms. The molecular formula is C18H19ClF3N3O2. The molecule has 0 radical (unpaired) electrons. The van der Waals surface area contributed by atoms with Gasteiger partial charge in [0.2, 0.25) is 0 Å². The Morgan fingerprint density at radius 2 is 2.19 bits per heavy atom. The summed E-state index contributed by atoms with van der Waals surface area (Å²) in [6, 6.07) is 1.39. The summed E-state index contributed by atoms with van der Waals surface area (Å²) >= 11 is 6.09. The smallest absolute Gasteiger partial charge is 0.422 e. The fraction of sp³-hybridized carbons (Fsp3) is 0.444. The molecule has 1 atom stereocenters. The quantitative estimate of drug-likeness (QED) is 0.762. The molecule has 1 unspecified atom stereocenters. The van der Waals surface area contributed by atoms with Gasteiger partial charge in [0.25, 0.3) is 5.91 Å². The number of carbonyl (C=O) groups is 1. The van der Waals surface area contributed by atoms with Crippen LogP contribution >= 0.6 is 11.6 Å². The van der Waals surface area contributed by atoms with Crippen molar-refractivity contribution in [3.05, 3.63) is 51.6 Å². The molecule has 146 valence electrons. The summed E-state index contributed by atoms with van der Waals surface area (Å²) in [7, 11) is 0. The van der Waals surface area contributed by atoms with Crippen molar-refractivity contribution in [3.8, 4) is 0 Å². The Morgan fingerprint density at radius 1 is 1.44 bits per heavy atom. The molecule has 5 nitrogen and oxygen atoms in total. The number of fused-ring (bicyclic) bond motifs is 1. The third-order valence-electron chi connectivity index (χ3n) is 4.69. The van der Waals surface area contributed by atoms with Gasteiger partial charge in [-0.2, -0.15) is 13.2 Å². The molecule has 2 aliphatic heterocycles. The number of allylic oxidation sites excluding steroid dienone is 2. The van der Waals surface area contributed by atoms with E-state index >= 15 is 0 Å². The Bertz CT molecular complexity index is 821. The Balaban J connectivity index is 1.79. The number of rotatable bonds is 5. The van der Waals surface area contributed by atoms with E-state index in [9.17, 15) is 18.0 Å². The predicted octanol–water partition coefficient (Wildman–Crippen LogP) is 3.81. The number of pyridine rings is 1. The van der Waals surface area contributed by atoms with Gasteiger partial charge in [-0.25, -0.2) is 4.98 Å². The number of amides is 1. The number of dihydropyridines is 1. The van der Waals surface area contributed by atoms with E-state index in [1.165, 1.54) is 6.20 Å². The lowest BCUT2D eigenvalue weighted by Gasteiger charge is -2.30. The first-order valence-corrected chi connectivity index (χ1v) is 8.90. The number of hydrogen-bond donors (Lipinski definition) is 1. The topological polar surface area (TPSA) is 54.5 Å². The van der Waals surface area contributed by atoms with Crippen LogP contribution in [-0.4, -0.2) is 41.2 Å². The van der Waals surface area contributed by atoms with Gasteiger partial charge in [0.1, 0.15) is 5.15 Å². The van der Waals surface area contributed by atoms with Crippen LogP contribution in [0, 0.1) is 0 Å². The minimum Gasteiger partial charge on any atom is -0.469 e. The number of alkyl halides is 3. The number of ether oxygens (including phenoxy) is 1. The maximum atomic E-state index is 12.7. The number of nitrogens with zero attached hydrogens (tertiary/aromatic N) is 2. The van der Waals surface area contributed by atoms with E-state index in [1.807, 2.05) is 19.9 Å². The number of halogens is 4. The summed E-state index contributed by atoms with van der Waals surface area (Å²) in [4.78, 5) is 18.4. The number of nitrogens with one attached hydrogen (secondary N) is 1. The van der Waals surface area contributed by atoms with E-state index in [4.69, 9.17) is 16.3 Å². The van der Waals surface area contributed by atoms with Crippen molar-refractivity contribution in [2.45, 2.75) is 39.0 Å². The number of carbonyl (C=O) groups excluding carboxylic acids is 1. The van der Waals surface area contributed by atoms with Gasteiger partial charge in [0.15, 0.2) is 12.5 Å². The van der Waals surface area contributed by atoms with Crippen LogP contribution in [0.15, 0.2) is 35.4 Å². The van der Waals surface area contributed by atoms with Crippen molar-refractivity contribution >= 4 is 17.5 Å². The summed E-state index contributed by atoms with van der Waals surface area (Å²) in [5.74, 6) is -0.00194. The predicted molar refractivity (Wildman–Crippen MR) is 94.0 cm³/mol. The highest BCUT2D eigenvalue weighted by Crippen LogP contribution is 2.31. The molecule has 3 heterocycles. The second-order valence-electron chi connectivity index (χ2n) is 6.42. The highest BCUT2D eigenvalue weighted by atomic mass is 35.5. The maximum absolute atomic E-state index is 12.7. The molecule has 3 rings (SSSR count). The number of hydrogen-bond acceptors (Lipinski definition) is 4. The lowest BCUT2D eigenvalue weighted by atomic mass is 10.00. The zero-order chi connectivity index (χ0) is 19.8. The van der Waals surface area contributed by atoms with Crippen LogP contribution in [0.5, 0.6) is 0 Å². The standard InChI is InChI=1S/C18H19ClF3N3O2/c1-3-11-6-12(7-24-16(11)27-9-18(20,21)22)10(2)25-8-14-13(17(25)26)4-5-23-15(14)19/h4-6,10,24H,3,7-9H2,1-2H3. The van der Waals surface area contributed by atoms with Crippen molar-refractivity contribution in [1.29, 1.82) is 0 Å². The van der Waals surface area contributed by atoms with Gasteiger partial charge in [0, 0.05) is 29.4 Å². The molecule has 0 fully saturated rings. The summed E-state index contributed by atoms with van der Waals surface area (Å²) in [6.45, 7) is 3.02. The Hall–Kier alpha value is -2.22. The molecule has 0 spiro atoms. The Morgan fingerprint density at radius 3 is 2.81 bits per heavy atom. The molecule has 1 amide bonds. The summed E-state index contributed by atoms with van der Waals surface area (Å²) in [5, 5.41) is 3.22. The van der Waals surface area contributed by atoms with Crippen LogP contribution in [-0.2, 0) is 11.3 Å². The van der Waals surface area contributed by atoms with Gasteiger partial charge in [-0.3, -0.25) is 4.79 Å². The van der Waals surface area contributed by atoms with Crippen LogP contribution in [0.25, 0.3) is 0 Å². The third-order valence-corrected chi connectivity index (χ3v) is 5.02. The van der Waals surface area contributed by atoms with Crippen molar-refractivity contribution < 1.29 is 22.7 Å². The minimum absolute atomic E-state index is 0.133. The average molecular weight is 402 g/mol. The molecule has 0 saturated carbocycles. The van der Waals surface area contributed by atoms with Crippen LogP contribution < -0.4 is 5.32 Å². The van der Waals surface area contributed by atoms with Crippen LogP contribution in [0.3, 0.4) is 0 Å². The van der Waals surface area contributed by atoms with Gasteiger partial charge >= 0.3 is 6.18 Å².